The van der Waals surface area contributed by atoms with E-state index in [1.807, 2.05) is 19.9 Å². The average molecular weight is 395 g/mol. The summed E-state index contributed by atoms with van der Waals surface area (Å²) < 4.78 is 28.6. The first-order chi connectivity index (χ1) is 12.2. The normalized spacial score (nSPS) is 11.3. The van der Waals surface area contributed by atoms with Gasteiger partial charge in [-0.2, -0.15) is 0 Å². The van der Waals surface area contributed by atoms with E-state index in [-0.39, 0.29) is 10.8 Å². The number of hydrogen-bond acceptors (Lipinski definition) is 3. The lowest BCUT2D eigenvalue weighted by Crippen LogP contribution is -2.17. The Bertz CT molecular complexity index is 940. The van der Waals surface area contributed by atoms with Crippen molar-refractivity contribution in [1.29, 1.82) is 0 Å². The van der Waals surface area contributed by atoms with Crippen molar-refractivity contribution in [3.63, 3.8) is 0 Å². The van der Waals surface area contributed by atoms with E-state index in [1.165, 1.54) is 19.1 Å². The van der Waals surface area contributed by atoms with Crippen LogP contribution in [0.5, 0.6) is 0 Å². The zero-order chi connectivity index (χ0) is 19.5. The second-order valence-corrected chi connectivity index (χ2v) is 8.12. The van der Waals surface area contributed by atoms with Crippen molar-refractivity contribution >= 4 is 38.9 Å². The summed E-state index contributed by atoms with van der Waals surface area (Å²) in [6, 6.07) is 8.26. The molecule has 1 amide bonds. The van der Waals surface area contributed by atoms with Gasteiger partial charge in [-0.1, -0.05) is 37.6 Å². The molecule has 0 saturated carbocycles. The van der Waals surface area contributed by atoms with Crippen molar-refractivity contribution in [1.82, 2.24) is 0 Å². The summed E-state index contributed by atoms with van der Waals surface area (Å²) >= 11 is 6.25. The summed E-state index contributed by atoms with van der Waals surface area (Å²) in [6.07, 6.45) is 1.28. The minimum Gasteiger partial charge on any atom is -0.326 e. The minimum absolute atomic E-state index is 0.0796. The van der Waals surface area contributed by atoms with Gasteiger partial charge in [0.25, 0.3) is 10.0 Å². The van der Waals surface area contributed by atoms with Crippen LogP contribution in [0.2, 0.25) is 5.02 Å². The van der Waals surface area contributed by atoms with Crippen LogP contribution in [0.15, 0.2) is 35.2 Å². The third-order valence-corrected chi connectivity index (χ3v) is 5.84. The van der Waals surface area contributed by atoms with Crippen molar-refractivity contribution in [3.8, 4) is 0 Å². The van der Waals surface area contributed by atoms with Crippen LogP contribution in [0, 0.1) is 6.92 Å². The van der Waals surface area contributed by atoms with Gasteiger partial charge >= 0.3 is 0 Å². The van der Waals surface area contributed by atoms with Crippen LogP contribution in [0.25, 0.3) is 0 Å². The molecule has 0 aliphatic carbocycles. The number of hydrogen-bond donors (Lipinski definition) is 2. The number of amides is 1. The van der Waals surface area contributed by atoms with E-state index in [2.05, 4.69) is 10.0 Å². The van der Waals surface area contributed by atoms with Gasteiger partial charge in [0.2, 0.25) is 5.91 Å². The molecular weight excluding hydrogens is 372 g/mol. The maximum atomic E-state index is 12.9. The average Bonchev–Trinajstić information content (AvgIpc) is 2.56. The standard InChI is InChI=1S/C19H23ClN2O3S/c1-5-14-8-10-17(20)16(6-2)19(14)22-26(24,25)15-9-7-12(3)18(11-15)21-13(4)23/h7-11,22H,5-6H2,1-4H3,(H,21,23). The Hall–Kier alpha value is -2.05. The lowest BCUT2D eigenvalue weighted by atomic mass is 10.0. The highest BCUT2D eigenvalue weighted by Gasteiger charge is 2.20. The Kier molecular flexibility index (Phi) is 6.31. The van der Waals surface area contributed by atoms with Gasteiger partial charge < -0.3 is 5.32 Å². The summed E-state index contributed by atoms with van der Waals surface area (Å²) in [5, 5.41) is 3.18. The number of halogens is 1. The molecule has 0 aliphatic heterocycles. The molecule has 0 spiro atoms. The first kappa shape index (κ1) is 20.3. The number of nitrogens with one attached hydrogen (secondary N) is 2. The SMILES string of the molecule is CCc1ccc(Cl)c(CC)c1NS(=O)(=O)c1ccc(C)c(NC(C)=O)c1. The van der Waals surface area contributed by atoms with Gasteiger partial charge in [-0.25, -0.2) is 8.42 Å². The molecule has 0 bridgehead atoms. The highest BCUT2D eigenvalue weighted by molar-refractivity contribution is 7.92. The largest absolute Gasteiger partial charge is 0.326 e. The van der Waals surface area contributed by atoms with Gasteiger partial charge in [0.15, 0.2) is 0 Å². The van der Waals surface area contributed by atoms with Crippen LogP contribution in [0.3, 0.4) is 0 Å². The van der Waals surface area contributed by atoms with E-state index in [9.17, 15) is 13.2 Å². The van der Waals surface area contributed by atoms with E-state index in [4.69, 9.17) is 11.6 Å². The summed E-state index contributed by atoms with van der Waals surface area (Å²) in [6.45, 7) is 7.07. The van der Waals surface area contributed by atoms with Gasteiger partial charge in [0.1, 0.15) is 0 Å². The topological polar surface area (TPSA) is 75.3 Å². The predicted octanol–water partition coefficient (Wildman–Crippen LogP) is 4.53. The Morgan fingerprint density at radius 1 is 1.12 bits per heavy atom. The highest BCUT2D eigenvalue weighted by Crippen LogP contribution is 2.32. The molecule has 5 nitrogen and oxygen atoms in total. The summed E-state index contributed by atoms with van der Waals surface area (Å²) in [7, 11) is -3.83. The fraction of sp³-hybridized carbons (Fsp3) is 0.316. The molecule has 0 fully saturated rings. The van der Waals surface area contributed by atoms with Crippen LogP contribution in [-0.4, -0.2) is 14.3 Å². The molecule has 140 valence electrons. The van der Waals surface area contributed by atoms with Gasteiger partial charge in [-0.3, -0.25) is 9.52 Å². The van der Waals surface area contributed by atoms with Crippen LogP contribution < -0.4 is 10.0 Å². The van der Waals surface area contributed by atoms with Gasteiger partial charge in [-0.05, 0) is 54.7 Å². The molecule has 0 aliphatic rings. The lowest BCUT2D eigenvalue weighted by molar-refractivity contribution is -0.114. The second-order valence-electron chi connectivity index (χ2n) is 6.03. The smallest absolute Gasteiger partial charge is 0.261 e. The summed E-state index contributed by atoms with van der Waals surface area (Å²) in [4.78, 5) is 11.4. The maximum Gasteiger partial charge on any atom is 0.261 e. The molecule has 2 aromatic rings. The third-order valence-electron chi connectivity index (χ3n) is 4.14. The first-order valence-electron chi connectivity index (χ1n) is 8.40. The molecule has 0 saturated heterocycles. The van der Waals surface area contributed by atoms with Gasteiger partial charge in [-0.15, -0.1) is 0 Å². The van der Waals surface area contributed by atoms with Crippen LogP contribution >= 0.6 is 11.6 Å². The van der Waals surface area contributed by atoms with E-state index < -0.39 is 10.0 Å². The number of aryl methyl sites for hydroxylation is 2. The maximum absolute atomic E-state index is 12.9. The summed E-state index contributed by atoms with van der Waals surface area (Å²) in [5.41, 5.74) is 3.43. The number of carbonyl (C=O) groups is 1. The Balaban J connectivity index is 2.50. The van der Waals surface area contributed by atoms with Gasteiger partial charge in [0.05, 0.1) is 10.6 Å². The molecule has 7 heteroatoms. The number of sulfonamides is 1. The molecule has 2 aromatic carbocycles. The predicted molar refractivity (Wildman–Crippen MR) is 106 cm³/mol. The molecule has 2 rings (SSSR count). The monoisotopic (exact) mass is 394 g/mol. The quantitative estimate of drug-likeness (QED) is 0.755. The molecule has 0 heterocycles. The van der Waals surface area contributed by atoms with E-state index in [0.29, 0.717) is 29.2 Å². The van der Waals surface area contributed by atoms with Crippen molar-refractivity contribution in [2.75, 3.05) is 10.0 Å². The molecular formula is C19H23ClN2O3S. The van der Waals surface area contributed by atoms with Crippen molar-refractivity contribution in [2.45, 2.75) is 45.4 Å². The number of benzene rings is 2. The van der Waals surface area contributed by atoms with E-state index in [1.54, 1.807) is 19.1 Å². The van der Waals surface area contributed by atoms with Crippen LogP contribution in [-0.2, 0) is 27.7 Å². The Morgan fingerprint density at radius 3 is 2.38 bits per heavy atom. The number of carbonyl (C=O) groups excluding carboxylic acids is 1. The Morgan fingerprint density at radius 2 is 1.81 bits per heavy atom. The fourth-order valence-electron chi connectivity index (χ4n) is 2.72. The van der Waals surface area contributed by atoms with E-state index >= 15 is 0 Å². The van der Waals surface area contributed by atoms with E-state index in [0.717, 1.165) is 16.7 Å². The number of anilines is 2. The minimum atomic E-state index is -3.83. The van der Waals surface area contributed by atoms with Crippen molar-refractivity contribution < 1.29 is 13.2 Å². The molecule has 0 radical (unpaired) electrons. The molecule has 0 unspecified atom stereocenters. The van der Waals surface area contributed by atoms with Gasteiger partial charge in [0, 0.05) is 17.6 Å². The molecule has 0 atom stereocenters. The molecule has 2 N–H and O–H groups in total. The van der Waals surface area contributed by atoms with Crippen LogP contribution in [0.4, 0.5) is 11.4 Å². The lowest BCUT2D eigenvalue weighted by Gasteiger charge is -2.17. The zero-order valence-corrected chi connectivity index (χ0v) is 16.9. The van der Waals surface area contributed by atoms with Crippen molar-refractivity contribution in [2.24, 2.45) is 0 Å². The fourth-order valence-corrected chi connectivity index (χ4v) is 4.18. The molecule has 26 heavy (non-hydrogen) atoms. The zero-order valence-electron chi connectivity index (χ0n) is 15.3. The number of rotatable bonds is 6. The molecule has 0 aromatic heterocycles. The Labute approximate surface area is 159 Å². The summed E-state index contributed by atoms with van der Waals surface area (Å²) in [5.74, 6) is -0.257. The highest BCUT2D eigenvalue weighted by atomic mass is 35.5. The second kappa shape index (κ2) is 8.10. The van der Waals surface area contributed by atoms with Crippen LogP contribution in [0.1, 0.15) is 37.5 Å². The third kappa shape index (κ3) is 4.37. The van der Waals surface area contributed by atoms with Crippen molar-refractivity contribution in [3.05, 3.63) is 52.0 Å². The first-order valence-corrected chi connectivity index (χ1v) is 10.3.